The van der Waals surface area contributed by atoms with Crippen molar-refractivity contribution >= 4 is 11.6 Å². The maximum atomic E-state index is 5.49. The van der Waals surface area contributed by atoms with Gasteiger partial charge in [-0.05, 0) is 5.92 Å². The highest BCUT2D eigenvalue weighted by molar-refractivity contribution is 5.58. The lowest BCUT2D eigenvalue weighted by atomic mass is 10.1. The van der Waals surface area contributed by atoms with Crippen molar-refractivity contribution in [3.05, 3.63) is 11.9 Å². The number of nitrogen functional groups attached to an aromatic ring is 1. The second-order valence-corrected chi connectivity index (χ2v) is 4.49. The number of hydrogen-bond donors (Lipinski definition) is 3. The molecular weight excluding hydrogens is 232 g/mol. The van der Waals surface area contributed by atoms with Gasteiger partial charge < -0.3 is 15.6 Å². The van der Waals surface area contributed by atoms with Gasteiger partial charge in [-0.25, -0.2) is 20.8 Å². The van der Waals surface area contributed by atoms with Gasteiger partial charge in [-0.1, -0.05) is 13.8 Å². The number of nitrogens with two attached hydrogens (primary N) is 1. The topological polar surface area (TPSA) is 88.3 Å². The zero-order valence-corrected chi connectivity index (χ0v) is 10.8. The fourth-order valence-corrected chi connectivity index (χ4v) is 1.97. The predicted molar refractivity (Wildman–Crippen MR) is 69.9 cm³/mol. The van der Waals surface area contributed by atoms with Crippen molar-refractivity contribution < 1.29 is 4.74 Å². The van der Waals surface area contributed by atoms with E-state index in [9.17, 15) is 0 Å². The molecule has 1 aliphatic rings. The van der Waals surface area contributed by atoms with Gasteiger partial charge in [-0.3, -0.25) is 0 Å². The molecule has 0 unspecified atom stereocenters. The van der Waals surface area contributed by atoms with Gasteiger partial charge in [0.05, 0.1) is 13.2 Å². The summed E-state index contributed by atoms with van der Waals surface area (Å²) in [4.78, 5) is 8.44. The molecule has 0 aromatic carbocycles. The smallest absolute Gasteiger partial charge is 0.149 e. The zero-order valence-electron chi connectivity index (χ0n) is 10.8. The molecule has 1 saturated heterocycles. The fourth-order valence-electron chi connectivity index (χ4n) is 1.97. The van der Waals surface area contributed by atoms with Crippen LogP contribution in [0.3, 0.4) is 0 Å². The van der Waals surface area contributed by atoms with Crippen molar-refractivity contribution in [3.8, 4) is 0 Å². The summed E-state index contributed by atoms with van der Waals surface area (Å²) in [7, 11) is 0. The van der Waals surface area contributed by atoms with E-state index in [0.717, 1.165) is 37.7 Å². The molecule has 0 amide bonds. The Morgan fingerprint density at radius 1 is 1.28 bits per heavy atom. The first-order chi connectivity index (χ1) is 8.72. The van der Waals surface area contributed by atoms with E-state index in [4.69, 9.17) is 10.6 Å². The van der Waals surface area contributed by atoms with E-state index >= 15 is 0 Å². The van der Waals surface area contributed by atoms with Gasteiger partial charge in [0.2, 0.25) is 0 Å². The van der Waals surface area contributed by atoms with Gasteiger partial charge in [0.25, 0.3) is 0 Å². The van der Waals surface area contributed by atoms with Gasteiger partial charge in [0.15, 0.2) is 0 Å². The van der Waals surface area contributed by atoms with E-state index < -0.39 is 0 Å². The highest BCUT2D eigenvalue weighted by Gasteiger charge is 2.17. The van der Waals surface area contributed by atoms with E-state index in [2.05, 4.69) is 39.7 Å². The standard InChI is InChI=1S/C11H20N6O/c1-8(2)9-10(15-12)13-7-14-11(9)16-17-3-5-18-6-4-17/h7-8H,3-6,12H2,1-2H3,(H2,13,14,15,16). The highest BCUT2D eigenvalue weighted by Crippen LogP contribution is 2.27. The number of rotatable bonds is 4. The Morgan fingerprint density at radius 3 is 2.56 bits per heavy atom. The molecule has 0 spiro atoms. The molecule has 18 heavy (non-hydrogen) atoms. The third-order valence-electron chi connectivity index (χ3n) is 2.87. The summed E-state index contributed by atoms with van der Waals surface area (Å²) in [6.07, 6.45) is 1.50. The molecule has 0 atom stereocenters. The Bertz CT molecular complexity index is 391. The minimum absolute atomic E-state index is 0.279. The van der Waals surface area contributed by atoms with Crippen LogP contribution in [-0.2, 0) is 4.74 Å². The SMILES string of the molecule is CC(C)c1c(NN)ncnc1NN1CCOCC1. The molecule has 1 fully saturated rings. The quantitative estimate of drug-likeness (QED) is 0.532. The van der Waals surface area contributed by atoms with Gasteiger partial charge in [0.1, 0.15) is 18.0 Å². The lowest BCUT2D eigenvalue weighted by molar-refractivity contribution is 0.0494. The Labute approximate surface area is 107 Å². The molecular formula is C11H20N6O. The number of nitrogens with one attached hydrogen (secondary N) is 2. The number of morpholine rings is 1. The number of nitrogens with zero attached hydrogens (tertiary/aromatic N) is 3. The molecule has 0 bridgehead atoms. The van der Waals surface area contributed by atoms with Crippen molar-refractivity contribution in [1.29, 1.82) is 0 Å². The molecule has 7 nitrogen and oxygen atoms in total. The number of hydrazine groups is 2. The minimum Gasteiger partial charge on any atom is -0.379 e. The molecule has 0 radical (unpaired) electrons. The third-order valence-corrected chi connectivity index (χ3v) is 2.87. The number of hydrogen-bond acceptors (Lipinski definition) is 7. The van der Waals surface area contributed by atoms with Crippen LogP contribution in [0.5, 0.6) is 0 Å². The Hall–Kier alpha value is -1.44. The summed E-state index contributed by atoms with van der Waals surface area (Å²) in [6.45, 7) is 7.32. The van der Waals surface area contributed by atoms with E-state index in [0.29, 0.717) is 5.82 Å². The molecule has 7 heteroatoms. The second kappa shape index (κ2) is 5.94. The van der Waals surface area contributed by atoms with Crippen LogP contribution in [0.25, 0.3) is 0 Å². The predicted octanol–water partition coefficient (Wildman–Crippen LogP) is 0.545. The summed E-state index contributed by atoms with van der Waals surface area (Å²) in [5.41, 5.74) is 6.92. The average molecular weight is 252 g/mol. The van der Waals surface area contributed by atoms with Crippen LogP contribution >= 0.6 is 0 Å². The molecule has 4 N–H and O–H groups in total. The van der Waals surface area contributed by atoms with Gasteiger partial charge in [0, 0.05) is 18.7 Å². The summed E-state index contributed by atoms with van der Waals surface area (Å²) in [5.74, 6) is 7.23. The first-order valence-electron chi connectivity index (χ1n) is 6.13. The summed E-state index contributed by atoms with van der Waals surface area (Å²) < 4.78 is 5.31. The molecule has 0 saturated carbocycles. The van der Waals surface area contributed by atoms with Gasteiger partial charge in [-0.15, -0.1) is 0 Å². The monoisotopic (exact) mass is 252 g/mol. The summed E-state index contributed by atoms with van der Waals surface area (Å²) >= 11 is 0. The molecule has 1 aliphatic heterocycles. The van der Waals surface area contributed by atoms with E-state index in [1.807, 2.05) is 0 Å². The molecule has 2 rings (SSSR count). The highest BCUT2D eigenvalue weighted by atomic mass is 16.5. The molecule has 2 heterocycles. The van der Waals surface area contributed by atoms with Crippen molar-refractivity contribution in [2.75, 3.05) is 37.2 Å². The van der Waals surface area contributed by atoms with E-state index in [1.165, 1.54) is 6.33 Å². The van der Waals surface area contributed by atoms with Gasteiger partial charge >= 0.3 is 0 Å². The first kappa shape index (κ1) is 13.0. The van der Waals surface area contributed by atoms with E-state index in [-0.39, 0.29) is 5.92 Å². The average Bonchev–Trinajstić information content (AvgIpc) is 2.39. The van der Waals surface area contributed by atoms with Crippen molar-refractivity contribution in [2.24, 2.45) is 5.84 Å². The second-order valence-electron chi connectivity index (χ2n) is 4.49. The van der Waals surface area contributed by atoms with Crippen LogP contribution in [0, 0.1) is 0 Å². The lowest BCUT2D eigenvalue weighted by Gasteiger charge is -2.29. The molecule has 1 aromatic rings. The minimum atomic E-state index is 0.279. The normalized spacial score (nSPS) is 16.9. The Morgan fingerprint density at radius 2 is 1.94 bits per heavy atom. The van der Waals surface area contributed by atoms with Crippen molar-refractivity contribution in [2.45, 2.75) is 19.8 Å². The van der Waals surface area contributed by atoms with Crippen LogP contribution in [0.2, 0.25) is 0 Å². The maximum Gasteiger partial charge on any atom is 0.149 e. The Balaban J connectivity index is 2.20. The lowest BCUT2D eigenvalue weighted by Crippen LogP contribution is -2.40. The van der Waals surface area contributed by atoms with Crippen LogP contribution < -0.4 is 16.7 Å². The Kier molecular flexibility index (Phi) is 4.29. The number of ether oxygens (including phenoxy) is 1. The van der Waals surface area contributed by atoms with Gasteiger partial charge in [-0.2, -0.15) is 0 Å². The summed E-state index contributed by atoms with van der Waals surface area (Å²) in [6, 6.07) is 0. The zero-order chi connectivity index (χ0) is 13.0. The molecule has 0 aliphatic carbocycles. The first-order valence-corrected chi connectivity index (χ1v) is 6.13. The van der Waals surface area contributed by atoms with Crippen LogP contribution in [0.1, 0.15) is 25.3 Å². The summed E-state index contributed by atoms with van der Waals surface area (Å²) in [5, 5.41) is 2.10. The third kappa shape index (κ3) is 2.87. The fraction of sp³-hybridized carbons (Fsp3) is 0.636. The van der Waals surface area contributed by atoms with E-state index in [1.54, 1.807) is 0 Å². The van der Waals surface area contributed by atoms with Crippen LogP contribution in [-0.4, -0.2) is 41.3 Å². The largest absolute Gasteiger partial charge is 0.379 e. The van der Waals surface area contributed by atoms with Crippen molar-refractivity contribution in [1.82, 2.24) is 15.0 Å². The number of aromatic nitrogens is 2. The van der Waals surface area contributed by atoms with Crippen molar-refractivity contribution in [3.63, 3.8) is 0 Å². The van der Waals surface area contributed by atoms with Crippen LogP contribution in [0.4, 0.5) is 11.6 Å². The molecule has 100 valence electrons. The van der Waals surface area contributed by atoms with Crippen LogP contribution in [0.15, 0.2) is 6.33 Å². The number of anilines is 2. The maximum absolute atomic E-state index is 5.49. The molecule has 1 aromatic heterocycles.